The first-order valence-corrected chi connectivity index (χ1v) is 6.87. The minimum atomic E-state index is 0.0970. The Bertz CT molecular complexity index is 597. The molecule has 104 valence electrons. The third-order valence-electron chi connectivity index (χ3n) is 2.78. The van der Waals surface area contributed by atoms with Crippen molar-refractivity contribution in [2.24, 2.45) is 10.9 Å². The zero-order valence-electron chi connectivity index (χ0n) is 10.8. The molecule has 0 unspecified atom stereocenters. The number of hydrogen-bond donors (Lipinski definition) is 2. The highest BCUT2D eigenvalue weighted by Gasteiger charge is 2.01. The van der Waals surface area contributed by atoms with Crippen molar-refractivity contribution in [3.63, 3.8) is 0 Å². The Labute approximate surface area is 126 Å². The lowest BCUT2D eigenvalue weighted by Gasteiger charge is -2.06. The summed E-state index contributed by atoms with van der Waals surface area (Å²) in [5.74, 6) is 0.0970. The van der Waals surface area contributed by atoms with Gasteiger partial charge in [-0.25, -0.2) is 0 Å². The van der Waals surface area contributed by atoms with Gasteiger partial charge < -0.3 is 15.7 Å². The van der Waals surface area contributed by atoms with Crippen molar-refractivity contribution in [2.75, 3.05) is 0 Å². The Hall–Kier alpha value is -1.85. The summed E-state index contributed by atoms with van der Waals surface area (Å²) in [6, 6.07) is 15.4. The number of nitrogens with two attached hydrogens (primary N) is 1. The Morgan fingerprint density at radius 1 is 1.10 bits per heavy atom. The molecule has 0 spiro atoms. The summed E-state index contributed by atoms with van der Waals surface area (Å²) < 4.78 is 6.70. The molecule has 3 N–H and O–H groups in total. The number of halogens is 1. The molecule has 0 aliphatic rings. The molecule has 0 amide bonds. The van der Waals surface area contributed by atoms with Crippen LogP contribution in [0, 0.1) is 0 Å². The van der Waals surface area contributed by atoms with Crippen LogP contribution >= 0.6 is 15.9 Å². The van der Waals surface area contributed by atoms with Crippen LogP contribution in [-0.2, 0) is 18.0 Å². The maximum Gasteiger partial charge on any atom is 0.170 e. The lowest BCUT2D eigenvalue weighted by atomic mass is 10.1. The second-order valence-electron chi connectivity index (χ2n) is 4.30. The van der Waals surface area contributed by atoms with Crippen LogP contribution in [0.3, 0.4) is 0 Å². The predicted molar refractivity (Wildman–Crippen MR) is 81.6 cm³/mol. The molecule has 0 saturated carbocycles. The van der Waals surface area contributed by atoms with E-state index in [0.29, 0.717) is 18.8 Å². The van der Waals surface area contributed by atoms with Crippen LogP contribution in [0.25, 0.3) is 0 Å². The molecule has 0 fully saturated rings. The van der Waals surface area contributed by atoms with Gasteiger partial charge in [0.2, 0.25) is 0 Å². The fourth-order valence-electron chi connectivity index (χ4n) is 1.75. The van der Waals surface area contributed by atoms with Gasteiger partial charge in [0.05, 0.1) is 13.2 Å². The van der Waals surface area contributed by atoms with Gasteiger partial charge in [-0.1, -0.05) is 51.4 Å². The first kappa shape index (κ1) is 14.6. The molecular weight excluding hydrogens is 320 g/mol. The Morgan fingerprint density at radius 2 is 1.80 bits per heavy atom. The van der Waals surface area contributed by atoms with E-state index in [1.807, 2.05) is 42.5 Å². The average molecular weight is 335 g/mol. The monoisotopic (exact) mass is 334 g/mol. The first-order valence-electron chi connectivity index (χ1n) is 6.08. The van der Waals surface area contributed by atoms with Crippen molar-refractivity contribution in [2.45, 2.75) is 13.2 Å². The van der Waals surface area contributed by atoms with Crippen LogP contribution in [0.2, 0.25) is 0 Å². The van der Waals surface area contributed by atoms with Crippen molar-refractivity contribution in [1.82, 2.24) is 0 Å². The quantitative estimate of drug-likeness (QED) is 0.381. The van der Waals surface area contributed by atoms with E-state index in [-0.39, 0.29) is 5.84 Å². The molecule has 4 nitrogen and oxygen atoms in total. The van der Waals surface area contributed by atoms with E-state index in [4.69, 9.17) is 15.7 Å². The SMILES string of the molecule is N/C(=N/O)c1cccc(COCc2ccc(Br)cc2)c1. The molecule has 0 heterocycles. The maximum atomic E-state index is 8.65. The Morgan fingerprint density at radius 3 is 2.50 bits per heavy atom. The number of rotatable bonds is 5. The van der Waals surface area contributed by atoms with E-state index in [0.717, 1.165) is 15.6 Å². The highest BCUT2D eigenvalue weighted by Crippen LogP contribution is 2.12. The van der Waals surface area contributed by atoms with Gasteiger partial charge in [0.25, 0.3) is 0 Å². The van der Waals surface area contributed by atoms with Crippen LogP contribution in [0.4, 0.5) is 0 Å². The molecule has 0 aromatic heterocycles. The van der Waals surface area contributed by atoms with Crippen molar-refractivity contribution in [3.8, 4) is 0 Å². The normalized spacial score (nSPS) is 11.6. The number of nitrogens with zero attached hydrogens (tertiary/aromatic N) is 1. The van der Waals surface area contributed by atoms with E-state index in [9.17, 15) is 0 Å². The highest BCUT2D eigenvalue weighted by atomic mass is 79.9. The van der Waals surface area contributed by atoms with Gasteiger partial charge in [-0.05, 0) is 29.3 Å². The Kier molecular flexibility index (Phi) is 5.15. The van der Waals surface area contributed by atoms with E-state index in [2.05, 4.69) is 21.1 Å². The summed E-state index contributed by atoms with van der Waals surface area (Å²) in [5.41, 5.74) is 8.32. The molecule has 0 saturated heterocycles. The van der Waals surface area contributed by atoms with Crippen molar-refractivity contribution < 1.29 is 9.94 Å². The minimum Gasteiger partial charge on any atom is -0.409 e. The van der Waals surface area contributed by atoms with Gasteiger partial charge in [-0.3, -0.25) is 0 Å². The lowest BCUT2D eigenvalue weighted by molar-refractivity contribution is 0.107. The molecule has 0 atom stereocenters. The molecule has 2 rings (SSSR count). The molecule has 0 aliphatic carbocycles. The van der Waals surface area contributed by atoms with E-state index in [1.165, 1.54) is 0 Å². The number of hydrogen-bond acceptors (Lipinski definition) is 3. The molecule has 5 heteroatoms. The number of amidine groups is 1. The summed E-state index contributed by atoms with van der Waals surface area (Å²) in [6.45, 7) is 1.02. The van der Waals surface area contributed by atoms with Gasteiger partial charge in [0.1, 0.15) is 0 Å². The van der Waals surface area contributed by atoms with Crippen LogP contribution in [0.5, 0.6) is 0 Å². The lowest BCUT2D eigenvalue weighted by Crippen LogP contribution is -2.13. The number of ether oxygens (including phenoxy) is 1. The third-order valence-corrected chi connectivity index (χ3v) is 3.31. The second-order valence-corrected chi connectivity index (χ2v) is 5.22. The summed E-state index contributed by atoms with van der Waals surface area (Å²) in [6.07, 6.45) is 0. The van der Waals surface area contributed by atoms with Gasteiger partial charge in [0.15, 0.2) is 5.84 Å². The van der Waals surface area contributed by atoms with Gasteiger partial charge in [0, 0.05) is 10.0 Å². The number of oxime groups is 1. The molecule has 2 aromatic carbocycles. The zero-order chi connectivity index (χ0) is 14.4. The minimum absolute atomic E-state index is 0.0970. The molecule has 0 aliphatic heterocycles. The highest BCUT2D eigenvalue weighted by molar-refractivity contribution is 9.10. The van der Waals surface area contributed by atoms with Crippen molar-refractivity contribution in [1.29, 1.82) is 0 Å². The van der Waals surface area contributed by atoms with Gasteiger partial charge in [-0.15, -0.1) is 0 Å². The standard InChI is InChI=1S/C15H15BrN2O2/c16-14-6-4-11(5-7-14)9-20-10-12-2-1-3-13(8-12)15(17)18-19/h1-8,19H,9-10H2,(H2,17,18). The van der Waals surface area contributed by atoms with Crippen molar-refractivity contribution in [3.05, 3.63) is 69.7 Å². The molecule has 2 aromatic rings. The fourth-order valence-corrected chi connectivity index (χ4v) is 2.01. The number of benzene rings is 2. The molecule has 0 radical (unpaired) electrons. The van der Waals surface area contributed by atoms with Gasteiger partial charge >= 0.3 is 0 Å². The van der Waals surface area contributed by atoms with Crippen LogP contribution < -0.4 is 5.73 Å². The first-order chi connectivity index (χ1) is 9.69. The predicted octanol–water partition coefficient (Wildman–Crippen LogP) is 3.26. The largest absolute Gasteiger partial charge is 0.409 e. The molecular formula is C15H15BrN2O2. The molecule has 0 bridgehead atoms. The summed E-state index contributed by atoms with van der Waals surface area (Å²) in [7, 11) is 0. The summed E-state index contributed by atoms with van der Waals surface area (Å²) >= 11 is 3.39. The fraction of sp³-hybridized carbons (Fsp3) is 0.133. The smallest absolute Gasteiger partial charge is 0.170 e. The van der Waals surface area contributed by atoms with Crippen LogP contribution in [-0.4, -0.2) is 11.0 Å². The van der Waals surface area contributed by atoms with E-state index < -0.39 is 0 Å². The van der Waals surface area contributed by atoms with Gasteiger partial charge in [-0.2, -0.15) is 0 Å². The second kappa shape index (κ2) is 7.07. The third kappa shape index (κ3) is 4.08. The van der Waals surface area contributed by atoms with E-state index >= 15 is 0 Å². The topological polar surface area (TPSA) is 67.8 Å². The van der Waals surface area contributed by atoms with Crippen molar-refractivity contribution >= 4 is 21.8 Å². The zero-order valence-corrected chi connectivity index (χ0v) is 12.4. The summed E-state index contributed by atoms with van der Waals surface area (Å²) in [4.78, 5) is 0. The van der Waals surface area contributed by atoms with Crippen LogP contribution in [0.15, 0.2) is 58.2 Å². The maximum absolute atomic E-state index is 8.65. The summed E-state index contributed by atoms with van der Waals surface area (Å²) in [5, 5.41) is 11.6. The Balaban J connectivity index is 1.92. The average Bonchev–Trinajstić information content (AvgIpc) is 2.49. The van der Waals surface area contributed by atoms with E-state index in [1.54, 1.807) is 6.07 Å². The molecule has 20 heavy (non-hydrogen) atoms. The van der Waals surface area contributed by atoms with Crippen LogP contribution in [0.1, 0.15) is 16.7 Å².